The minimum absolute atomic E-state index is 0.587. The van der Waals surface area contributed by atoms with E-state index < -0.39 is 0 Å². The van der Waals surface area contributed by atoms with Gasteiger partial charge in [-0.25, -0.2) is 0 Å². The zero-order chi connectivity index (χ0) is 3.41. The summed E-state index contributed by atoms with van der Waals surface area (Å²) in [4.78, 5) is 0. The van der Waals surface area contributed by atoms with Crippen molar-refractivity contribution in [3.63, 3.8) is 0 Å². The molecule has 0 heterocycles. The third-order valence-corrected chi connectivity index (χ3v) is 0.896. The Morgan fingerprint density at radius 2 is 2.00 bits per heavy atom. The Morgan fingerprint density at radius 1 is 1.75 bits per heavy atom. The average molecular weight is 241 g/mol. The molecule has 2 heteroatoms. The first kappa shape index (κ1) is 4.30. The van der Waals surface area contributed by atoms with Crippen LogP contribution in [0.15, 0.2) is 0 Å². The maximum atomic E-state index is 4.72. The summed E-state index contributed by atoms with van der Waals surface area (Å²) < 4.78 is 2.65. The van der Waals surface area contributed by atoms with Crippen molar-refractivity contribution in [3.8, 4) is 9.47 Å². The molecule has 0 aliphatic carbocycles. The van der Waals surface area contributed by atoms with E-state index in [1.54, 1.807) is 0 Å². The second kappa shape index (κ2) is 3.30. The summed E-state index contributed by atoms with van der Waals surface area (Å²) in [6.07, 6.45) is 0. The Bertz CT molecular complexity index is 42.8. The van der Waals surface area contributed by atoms with Crippen LogP contribution in [0.5, 0.6) is 0 Å². The van der Waals surface area contributed by atoms with Crippen molar-refractivity contribution in [1.29, 1.82) is 0 Å². The molecule has 0 amide bonds. The first-order valence-corrected chi connectivity index (χ1v) is 3.64. The molecule has 0 rings (SSSR count). The van der Waals surface area contributed by atoms with Gasteiger partial charge in [0.15, 0.2) is 0 Å². The zero-order valence-electron chi connectivity index (χ0n) is 2.28. The zero-order valence-corrected chi connectivity index (χ0v) is 7.78. The van der Waals surface area contributed by atoms with Crippen LogP contribution in [0, 0.1) is 9.47 Å². The van der Waals surface area contributed by atoms with Gasteiger partial charge in [0.2, 0.25) is 0 Å². The number of nitrogens with two attached hydrogens (primary N) is 1. The molecule has 17 valence electrons. The maximum absolute atomic E-state index is 4.72. The van der Waals surface area contributed by atoms with Crippen molar-refractivity contribution >= 4 is 0 Å². The Balaban J connectivity index is 2.83. The molecule has 0 aromatic carbocycles. The normalized spacial score (nSPS) is 3.50. The molecule has 0 aromatic heterocycles. The summed E-state index contributed by atoms with van der Waals surface area (Å²) >= 11 is 0.587. The number of hydrogen-bond donors (Lipinski definition) is 1. The van der Waals surface area contributed by atoms with Gasteiger partial charge in [-0.15, -0.1) is 0 Å². The first-order valence-electron chi connectivity index (χ1n) is 0.892. The van der Waals surface area contributed by atoms with E-state index in [-0.39, 0.29) is 0 Å². The molecule has 0 saturated heterocycles. The summed E-state index contributed by atoms with van der Waals surface area (Å²) in [5.74, 6) is 0. The van der Waals surface area contributed by atoms with Gasteiger partial charge in [0.05, 0.1) is 0 Å². The molecule has 4 heavy (non-hydrogen) atoms. The van der Waals surface area contributed by atoms with Crippen molar-refractivity contribution in [3.05, 3.63) is 0 Å². The molecular weight excluding hydrogens is 239 g/mol. The number of hydrogen-bond acceptors (Lipinski definition) is 1. The molecule has 0 aromatic rings. The SMILES string of the molecule is NC#[C][Hg]. The molecule has 2 N–H and O–H groups in total. The molecular formula is C2H2HgN. The average Bonchev–Trinajstić information content (AvgIpc) is 1.37. The number of rotatable bonds is 0. The van der Waals surface area contributed by atoms with Crippen LogP contribution >= 0.6 is 0 Å². The molecule has 0 aliphatic rings. The predicted octanol–water partition coefficient (Wildman–Crippen LogP) is -0.590. The van der Waals surface area contributed by atoms with E-state index in [0.29, 0.717) is 26.1 Å². The third-order valence-electron chi connectivity index (χ3n) is 0.102. The van der Waals surface area contributed by atoms with E-state index >= 15 is 0 Å². The Kier molecular flexibility index (Phi) is 3.54. The van der Waals surface area contributed by atoms with Crippen LogP contribution in [-0.4, -0.2) is 0 Å². The predicted molar refractivity (Wildman–Crippen MR) is 12.0 cm³/mol. The minimum atomic E-state index is 0.587. The van der Waals surface area contributed by atoms with Crippen molar-refractivity contribution in [2.24, 2.45) is 5.73 Å². The quantitative estimate of drug-likeness (QED) is 0.342. The summed E-state index contributed by atoms with van der Waals surface area (Å²) in [5.41, 5.74) is 4.72. The second-order valence-electron chi connectivity index (χ2n) is 0.321. The van der Waals surface area contributed by atoms with Crippen molar-refractivity contribution in [2.75, 3.05) is 0 Å². The molecule has 0 aliphatic heterocycles. The van der Waals surface area contributed by atoms with Crippen LogP contribution in [0.4, 0.5) is 0 Å². The van der Waals surface area contributed by atoms with Crippen LogP contribution < -0.4 is 5.73 Å². The van der Waals surface area contributed by atoms with Gasteiger partial charge < -0.3 is 0 Å². The van der Waals surface area contributed by atoms with Crippen molar-refractivity contribution < 1.29 is 26.1 Å². The Labute approximate surface area is 41.5 Å². The molecule has 0 atom stereocenters. The summed E-state index contributed by atoms with van der Waals surface area (Å²) in [6, 6.07) is 2.27. The van der Waals surface area contributed by atoms with E-state index in [0.717, 1.165) is 0 Å². The van der Waals surface area contributed by atoms with Gasteiger partial charge >= 0.3 is 41.3 Å². The van der Waals surface area contributed by atoms with Gasteiger partial charge in [-0.3, -0.25) is 0 Å². The Morgan fingerprint density at radius 3 is 2.00 bits per heavy atom. The fourth-order valence-electron chi connectivity index (χ4n) is 0. The molecule has 0 fully saturated rings. The van der Waals surface area contributed by atoms with Crippen molar-refractivity contribution in [2.45, 2.75) is 0 Å². The van der Waals surface area contributed by atoms with E-state index in [4.69, 9.17) is 5.73 Å². The van der Waals surface area contributed by atoms with Gasteiger partial charge in [-0.2, -0.15) is 0 Å². The summed E-state index contributed by atoms with van der Waals surface area (Å²) in [7, 11) is 0. The topological polar surface area (TPSA) is 26.0 Å². The first-order chi connectivity index (χ1) is 1.91. The molecule has 0 bridgehead atoms. The van der Waals surface area contributed by atoms with E-state index in [2.05, 4.69) is 9.47 Å². The van der Waals surface area contributed by atoms with Crippen LogP contribution in [0.1, 0.15) is 0 Å². The summed E-state index contributed by atoms with van der Waals surface area (Å²) in [5, 5.41) is 0. The molecule has 0 spiro atoms. The monoisotopic (exact) mass is 242 g/mol. The van der Waals surface area contributed by atoms with E-state index in [9.17, 15) is 0 Å². The molecule has 0 unspecified atom stereocenters. The van der Waals surface area contributed by atoms with Crippen LogP contribution in [-0.2, 0) is 26.1 Å². The fourth-order valence-corrected chi connectivity index (χ4v) is 0. The van der Waals surface area contributed by atoms with Gasteiger partial charge in [0, 0.05) is 0 Å². The standard InChI is InChI=1S/C2H2N.Hg/c1-2-3;/h3H2;. The van der Waals surface area contributed by atoms with E-state index in [1.807, 2.05) is 0 Å². The van der Waals surface area contributed by atoms with Gasteiger partial charge in [-0.05, 0) is 0 Å². The Hall–Kier alpha value is 0.295. The van der Waals surface area contributed by atoms with Crippen LogP contribution in [0.25, 0.3) is 0 Å². The van der Waals surface area contributed by atoms with E-state index in [1.165, 1.54) is 0 Å². The third kappa shape index (κ3) is 2.30. The fraction of sp³-hybridized carbons (Fsp3) is 0. The molecule has 1 nitrogen and oxygen atoms in total. The molecule has 0 saturated carbocycles. The summed E-state index contributed by atoms with van der Waals surface area (Å²) in [6.45, 7) is 0. The van der Waals surface area contributed by atoms with Gasteiger partial charge in [-0.1, -0.05) is 0 Å². The van der Waals surface area contributed by atoms with Crippen molar-refractivity contribution in [1.82, 2.24) is 0 Å². The second-order valence-corrected chi connectivity index (χ2v) is 1.70. The van der Waals surface area contributed by atoms with Crippen LogP contribution in [0.2, 0.25) is 0 Å². The molecule has 0 radical (unpaired) electrons. The van der Waals surface area contributed by atoms with Gasteiger partial charge in [0.25, 0.3) is 0 Å². The van der Waals surface area contributed by atoms with Crippen LogP contribution in [0.3, 0.4) is 0 Å². The van der Waals surface area contributed by atoms with Gasteiger partial charge in [0.1, 0.15) is 0 Å².